The zero-order chi connectivity index (χ0) is 13.6. The van der Waals surface area contributed by atoms with Gasteiger partial charge in [-0.15, -0.1) is 0 Å². The predicted molar refractivity (Wildman–Crippen MR) is 72.1 cm³/mol. The van der Waals surface area contributed by atoms with Crippen molar-refractivity contribution >= 4 is 9.84 Å². The lowest BCUT2D eigenvalue weighted by Crippen LogP contribution is -2.23. The first-order valence-corrected chi connectivity index (χ1v) is 8.19. The summed E-state index contributed by atoms with van der Waals surface area (Å²) in [7, 11) is -2.89. The molecule has 5 nitrogen and oxygen atoms in total. The third kappa shape index (κ3) is 5.55. The van der Waals surface area contributed by atoms with Gasteiger partial charge in [0.1, 0.15) is 15.7 Å². The van der Waals surface area contributed by atoms with Gasteiger partial charge in [-0.1, -0.05) is 6.92 Å². The second-order valence-electron chi connectivity index (χ2n) is 4.41. The number of hydrogen-bond acceptors (Lipinski definition) is 5. The maximum absolute atomic E-state index is 11.1. The molecule has 0 aromatic carbocycles. The average Bonchev–Trinajstić information content (AvgIpc) is 2.26. The van der Waals surface area contributed by atoms with Crippen LogP contribution in [0.4, 0.5) is 0 Å². The molecule has 6 heteroatoms. The van der Waals surface area contributed by atoms with Crippen LogP contribution in [0.5, 0.6) is 0 Å². The van der Waals surface area contributed by atoms with Gasteiger partial charge in [-0.3, -0.25) is 0 Å². The zero-order valence-electron chi connectivity index (χ0n) is 11.2. The van der Waals surface area contributed by atoms with Crippen LogP contribution in [0, 0.1) is 6.92 Å². The minimum atomic E-state index is -2.89. The Kier molecular flexibility index (Phi) is 5.68. The van der Waals surface area contributed by atoms with E-state index >= 15 is 0 Å². The van der Waals surface area contributed by atoms with Crippen LogP contribution in [-0.2, 0) is 9.84 Å². The van der Waals surface area contributed by atoms with Crippen molar-refractivity contribution in [2.24, 2.45) is 0 Å². The highest BCUT2D eigenvalue weighted by molar-refractivity contribution is 7.90. The van der Waals surface area contributed by atoms with Gasteiger partial charge < -0.3 is 5.32 Å². The smallest absolute Gasteiger partial charge is 0.147 e. The standard InChI is InChI=1S/C12H21N3O2S/c1-4-13-11(6-5-9-18(3,16)17)12-7-8-14-10(2)15-12/h7-8,11,13H,4-6,9H2,1-3H3. The molecule has 18 heavy (non-hydrogen) atoms. The average molecular weight is 271 g/mol. The van der Waals surface area contributed by atoms with Gasteiger partial charge in [-0.2, -0.15) is 0 Å². The first kappa shape index (κ1) is 15.0. The molecule has 0 spiro atoms. The van der Waals surface area contributed by atoms with E-state index in [1.165, 1.54) is 6.26 Å². The summed E-state index contributed by atoms with van der Waals surface area (Å²) < 4.78 is 22.2. The Morgan fingerprint density at radius 2 is 2.17 bits per heavy atom. The molecule has 102 valence electrons. The number of rotatable bonds is 7. The summed E-state index contributed by atoms with van der Waals surface area (Å²) in [6.07, 6.45) is 4.40. The van der Waals surface area contributed by atoms with Gasteiger partial charge in [0.2, 0.25) is 0 Å². The van der Waals surface area contributed by atoms with Crippen molar-refractivity contribution in [3.63, 3.8) is 0 Å². The molecule has 1 rings (SSSR count). The third-order valence-corrected chi connectivity index (χ3v) is 3.64. The summed E-state index contributed by atoms with van der Waals surface area (Å²) in [5.41, 5.74) is 0.929. The monoisotopic (exact) mass is 271 g/mol. The molecule has 1 N–H and O–H groups in total. The zero-order valence-corrected chi connectivity index (χ0v) is 12.0. The number of aromatic nitrogens is 2. The Balaban J connectivity index is 2.65. The van der Waals surface area contributed by atoms with Crippen LogP contribution in [-0.4, -0.2) is 36.9 Å². The van der Waals surface area contributed by atoms with Gasteiger partial charge in [-0.25, -0.2) is 18.4 Å². The highest BCUT2D eigenvalue weighted by atomic mass is 32.2. The summed E-state index contributed by atoms with van der Waals surface area (Å²) in [5.74, 6) is 0.956. The van der Waals surface area contributed by atoms with Crippen LogP contribution < -0.4 is 5.32 Å². The molecule has 0 aliphatic rings. The summed E-state index contributed by atoms with van der Waals surface area (Å²) in [5, 5.41) is 3.33. The molecule has 0 amide bonds. The quantitative estimate of drug-likeness (QED) is 0.808. The number of sulfone groups is 1. The lowest BCUT2D eigenvalue weighted by Gasteiger charge is -2.17. The van der Waals surface area contributed by atoms with E-state index in [-0.39, 0.29) is 11.8 Å². The molecular weight excluding hydrogens is 250 g/mol. The van der Waals surface area contributed by atoms with Gasteiger partial charge in [0.25, 0.3) is 0 Å². The lowest BCUT2D eigenvalue weighted by atomic mass is 10.1. The van der Waals surface area contributed by atoms with Crippen molar-refractivity contribution in [1.82, 2.24) is 15.3 Å². The molecule has 0 fully saturated rings. The highest BCUT2D eigenvalue weighted by Crippen LogP contribution is 2.16. The number of nitrogens with zero attached hydrogens (tertiary/aromatic N) is 2. The van der Waals surface area contributed by atoms with Crippen LogP contribution in [0.2, 0.25) is 0 Å². The van der Waals surface area contributed by atoms with Crippen molar-refractivity contribution in [3.05, 3.63) is 23.8 Å². The van der Waals surface area contributed by atoms with Crippen LogP contribution >= 0.6 is 0 Å². The summed E-state index contributed by atoms with van der Waals surface area (Å²) in [6.45, 7) is 4.70. The first-order valence-electron chi connectivity index (χ1n) is 6.13. The summed E-state index contributed by atoms with van der Waals surface area (Å²) >= 11 is 0. The van der Waals surface area contributed by atoms with Crippen LogP contribution in [0.3, 0.4) is 0 Å². The Labute approximate surface area is 109 Å². The van der Waals surface area contributed by atoms with Gasteiger partial charge in [0, 0.05) is 24.2 Å². The molecule has 1 unspecified atom stereocenters. The lowest BCUT2D eigenvalue weighted by molar-refractivity contribution is 0.494. The van der Waals surface area contributed by atoms with E-state index in [0.29, 0.717) is 6.42 Å². The Bertz CT molecular complexity index is 474. The molecule has 1 atom stereocenters. The first-order chi connectivity index (χ1) is 8.42. The summed E-state index contributed by atoms with van der Waals surface area (Å²) in [6, 6.07) is 1.97. The minimum absolute atomic E-state index is 0.0958. The van der Waals surface area contributed by atoms with Gasteiger partial charge in [-0.05, 0) is 32.4 Å². The van der Waals surface area contributed by atoms with Crippen LogP contribution in [0.1, 0.15) is 37.3 Å². The largest absolute Gasteiger partial charge is 0.309 e. The molecule has 1 heterocycles. The molecule has 0 saturated heterocycles. The van der Waals surface area contributed by atoms with Crippen molar-refractivity contribution in [2.45, 2.75) is 32.7 Å². The fraction of sp³-hybridized carbons (Fsp3) is 0.667. The van der Waals surface area contributed by atoms with Gasteiger partial charge in [0.15, 0.2) is 0 Å². The maximum Gasteiger partial charge on any atom is 0.147 e. The normalized spacial score (nSPS) is 13.5. The van der Waals surface area contributed by atoms with Crippen molar-refractivity contribution in [1.29, 1.82) is 0 Å². The molecular formula is C12H21N3O2S. The van der Waals surface area contributed by atoms with Crippen molar-refractivity contribution in [2.75, 3.05) is 18.6 Å². The molecule has 0 saturated carbocycles. The molecule has 1 aromatic heterocycles. The fourth-order valence-corrected chi connectivity index (χ4v) is 2.51. The molecule has 0 radical (unpaired) electrons. The number of aryl methyl sites for hydroxylation is 1. The van der Waals surface area contributed by atoms with E-state index < -0.39 is 9.84 Å². The molecule has 1 aromatic rings. The second-order valence-corrected chi connectivity index (χ2v) is 6.67. The second kappa shape index (κ2) is 6.80. The maximum atomic E-state index is 11.1. The van der Waals surface area contributed by atoms with Crippen LogP contribution in [0.15, 0.2) is 12.3 Å². The Morgan fingerprint density at radius 1 is 1.44 bits per heavy atom. The topological polar surface area (TPSA) is 72.0 Å². The van der Waals surface area contributed by atoms with Crippen LogP contribution in [0.25, 0.3) is 0 Å². The van der Waals surface area contributed by atoms with Crippen molar-refractivity contribution < 1.29 is 8.42 Å². The van der Waals surface area contributed by atoms with E-state index in [2.05, 4.69) is 15.3 Å². The SMILES string of the molecule is CCNC(CCCS(C)(=O)=O)c1ccnc(C)n1. The summed E-state index contributed by atoms with van der Waals surface area (Å²) in [4.78, 5) is 8.45. The number of nitrogens with one attached hydrogen (secondary N) is 1. The third-order valence-electron chi connectivity index (χ3n) is 2.61. The fourth-order valence-electron chi connectivity index (χ4n) is 1.82. The number of hydrogen-bond donors (Lipinski definition) is 1. The van der Waals surface area contributed by atoms with E-state index in [9.17, 15) is 8.42 Å². The minimum Gasteiger partial charge on any atom is -0.309 e. The van der Waals surface area contributed by atoms with Gasteiger partial charge >= 0.3 is 0 Å². The van der Waals surface area contributed by atoms with E-state index in [4.69, 9.17) is 0 Å². The Hall–Kier alpha value is -1.01. The predicted octanol–water partition coefficient (Wildman–Crippen LogP) is 1.26. The molecule has 0 aliphatic heterocycles. The van der Waals surface area contributed by atoms with Crippen molar-refractivity contribution in [3.8, 4) is 0 Å². The van der Waals surface area contributed by atoms with E-state index in [1.807, 2.05) is 19.9 Å². The van der Waals surface area contributed by atoms with E-state index in [0.717, 1.165) is 24.5 Å². The highest BCUT2D eigenvalue weighted by Gasteiger charge is 2.13. The molecule has 0 bridgehead atoms. The van der Waals surface area contributed by atoms with E-state index in [1.54, 1.807) is 6.20 Å². The molecule has 0 aliphatic carbocycles. The Morgan fingerprint density at radius 3 is 2.72 bits per heavy atom. The van der Waals surface area contributed by atoms with Gasteiger partial charge in [0.05, 0.1) is 5.69 Å².